The van der Waals surface area contributed by atoms with Crippen molar-refractivity contribution in [3.05, 3.63) is 97.1 Å². The van der Waals surface area contributed by atoms with Crippen molar-refractivity contribution in [3.8, 4) is 34.0 Å². The summed E-state index contributed by atoms with van der Waals surface area (Å²) in [6.45, 7) is 0. The Balaban J connectivity index is 1.16. The molecule has 0 spiro atoms. The Hall–Kier alpha value is -4.84. The van der Waals surface area contributed by atoms with Crippen molar-refractivity contribution in [2.24, 2.45) is 0 Å². The fraction of sp³-hybridized carbons (Fsp3) is 0.364. The van der Waals surface area contributed by atoms with Gasteiger partial charge in [0, 0.05) is 34.7 Å². The van der Waals surface area contributed by atoms with E-state index in [0.717, 1.165) is 95.7 Å². The molecule has 0 radical (unpaired) electrons. The minimum absolute atomic E-state index is 0.180. The van der Waals surface area contributed by atoms with E-state index in [2.05, 4.69) is 36.4 Å². The van der Waals surface area contributed by atoms with Gasteiger partial charge in [-0.05, 0) is 99.2 Å². The first kappa shape index (κ1) is 35.0. The van der Waals surface area contributed by atoms with Gasteiger partial charge in [0.25, 0.3) is 0 Å². The Morgan fingerprint density at radius 1 is 0.400 bits per heavy atom. The fourth-order valence-electron chi connectivity index (χ4n) is 6.55. The normalized spacial score (nSPS) is 16.6. The summed E-state index contributed by atoms with van der Waals surface area (Å²) in [7, 11) is 0. The molecule has 258 valence electrons. The number of aromatic nitrogens is 2. The monoisotopic (exact) mass is 668 g/mol. The molecule has 6 nitrogen and oxygen atoms in total. The molecule has 50 heavy (non-hydrogen) atoms. The average Bonchev–Trinajstić information content (AvgIpc) is 3.14. The molecular weight excluding hydrogens is 620 g/mol. The topological polar surface area (TPSA) is 78.4 Å². The van der Waals surface area contributed by atoms with Crippen molar-refractivity contribution in [2.45, 2.75) is 103 Å². The molecule has 0 aliphatic carbocycles. The van der Waals surface area contributed by atoms with Crippen LogP contribution in [-0.4, -0.2) is 21.9 Å². The van der Waals surface area contributed by atoms with E-state index in [1.165, 1.54) is 38.5 Å². The summed E-state index contributed by atoms with van der Waals surface area (Å²) in [5.74, 6) is 0.735. The number of carbonyl (C=O) groups is 2. The van der Waals surface area contributed by atoms with Gasteiger partial charge in [0.2, 0.25) is 0 Å². The highest BCUT2D eigenvalue weighted by Crippen LogP contribution is 2.30. The SMILES string of the molecule is O=C1CCCCCCCC=CCCCCCCCCCC(=O)Oc2ccc(cc2)-c2ccc3ccc4ccc(nc4c3n2)-c2ccc(cc2)O1. The Bertz CT molecular complexity index is 1900. The van der Waals surface area contributed by atoms with E-state index in [1.807, 2.05) is 60.7 Å². The highest BCUT2D eigenvalue weighted by atomic mass is 16.5. The van der Waals surface area contributed by atoms with Crippen LogP contribution in [-0.2, 0) is 9.59 Å². The molecule has 0 N–H and O–H groups in total. The van der Waals surface area contributed by atoms with Crippen LogP contribution < -0.4 is 9.47 Å². The van der Waals surface area contributed by atoms with E-state index in [0.29, 0.717) is 24.3 Å². The van der Waals surface area contributed by atoms with Gasteiger partial charge in [-0.1, -0.05) is 87.8 Å². The van der Waals surface area contributed by atoms with Gasteiger partial charge in [-0.25, -0.2) is 9.97 Å². The zero-order valence-corrected chi connectivity index (χ0v) is 29.1. The molecule has 6 heteroatoms. The highest BCUT2D eigenvalue weighted by Gasteiger charge is 2.11. The second kappa shape index (κ2) is 18.2. The van der Waals surface area contributed by atoms with Crippen LogP contribution in [0.15, 0.2) is 97.1 Å². The van der Waals surface area contributed by atoms with Crippen molar-refractivity contribution < 1.29 is 19.1 Å². The van der Waals surface area contributed by atoms with Gasteiger partial charge >= 0.3 is 11.9 Å². The maximum Gasteiger partial charge on any atom is 0.311 e. The summed E-state index contributed by atoms with van der Waals surface area (Å²) >= 11 is 0. The molecule has 0 saturated carbocycles. The van der Waals surface area contributed by atoms with Gasteiger partial charge in [0.1, 0.15) is 11.5 Å². The first-order chi connectivity index (χ1) is 24.6. The first-order valence-corrected chi connectivity index (χ1v) is 18.6. The molecule has 8 bridgehead atoms. The van der Waals surface area contributed by atoms with Gasteiger partial charge < -0.3 is 9.47 Å². The number of benzene rings is 3. The Labute approximate surface area is 296 Å². The number of hydrogen-bond donors (Lipinski definition) is 0. The molecule has 0 saturated heterocycles. The third-order valence-electron chi connectivity index (χ3n) is 9.45. The van der Waals surface area contributed by atoms with Crippen LogP contribution in [0.5, 0.6) is 11.5 Å². The summed E-state index contributed by atoms with van der Waals surface area (Å²) < 4.78 is 11.3. The summed E-state index contributed by atoms with van der Waals surface area (Å²) in [4.78, 5) is 35.1. The molecule has 3 aliphatic rings. The van der Waals surface area contributed by atoms with Crippen LogP contribution in [0.3, 0.4) is 0 Å². The quantitative estimate of drug-likeness (QED) is 0.0707. The zero-order valence-electron chi connectivity index (χ0n) is 29.1. The van der Waals surface area contributed by atoms with E-state index in [1.54, 1.807) is 0 Å². The number of fused-ring (bicyclic) bond motifs is 2. The van der Waals surface area contributed by atoms with E-state index < -0.39 is 0 Å². The van der Waals surface area contributed by atoms with E-state index in [9.17, 15) is 9.59 Å². The molecule has 0 fully saturated rings. The molecule has 8 rings (SSSR count). The summed E-state index contributed by atoms with van der Waals surface area (Å²) in [5, 5.41) is 2.01. The lowest BCUT2D eigenvalue weighted by molar-refractivity contribution is -0.135. The van der Waals surface area contributed by atoms with Crippen LogP contribution in [0.25, 0.3) is 44.3 Å². The van der Waals surface area contributed by atoms with Crippen molar-refractivity contribution in [3.63, 3.8) is 0 Å². The third-order valence-corrected chi connectivity index (χ3v) is 9.45. The number of hydrogen-bond acceptors (Lipinski definition) is 6. The van der Waals surface area contributed by atoms with E-state index >= 15 is 0 Å². The van der Waals surface area contributed by atoms with Crippen LogP contribution in [0.1, 0.15) is 103 Å². The Kier molecular flexibility index (Phi) is 12.8. The fourth-order valence-corrected chi connectivity index (χ4v) is 6.55. The van der Waals surface area contributed by atoms with Crippen molar-refractivity contribution in [2.75, 3.05) is 0 Å². The average molecular weight is 669 g/mol. The number of carbonyl (C=O) groups excluding carboxylic acids is 2. The lowest BCUT2D eigenvalue weighted by Gasteiger charge is -2.09. The summed E-state index contributed by atoms with van der Waals surface area (Å²) in [6, 6.07) is 27.4. The standard InChI is InChI=1S/C44H48N2O4/c47-41-17-15-13-11-9-7-5-3-1-2-4-6-8-10-12-14-16-18-42(48)50-38-29-23-34(24-30-38)40-32-26-36-20-19-35-25-31-39(45-43(35)44(36)46-40)33-21-27-37(49-41)28-22-33/h1,3,19-32H,2,4-18H2. The van der Waals surface area contributed by atoms with Crippen LogP contribution >= 0.6 is 0 Å². The minimum Gasteiger partial charge on any atom is -0.427 e. The number of rotatable bonds is 0. The van der Waals surface area contributed by atoms with Crippen LogP contribution in [0, 0.1) is 0 Å². The predicted molar refractivity (Wildman–Crippen MR) is 202 cm³/mol. The number of pyridine rings is 2. The maximum absolute atomic E-state index is 12.5. The molecule has 5 aromatic rings. The lowest BCUT2D eigenvalue weighted by atomic mass is 10.1. The van der Waals surface area contributed by atoms with Crippen molar-refractivity contribution in [1.29, 1.82) is 0 Å². The first-order valence-electron chi connectivity index (χ1n) is 18.6. The predicted octanol–water partition coefficient (Wildman–Crippen LogP) is 11.7. The van der Waals surface area contributed by atoms with E-state index in [4.69, 9.17) is 19.4 Å². The Morgan fingerprint density at radius 2 is 0.760 bits per heavy atom. The van der Waals surface area contributed by atoms with Gasteiger partial charge in [-0.2, -0.15) is 0 Å². The van der Waals surface area contributed by atoms with Gasteiger partial charge in [0.05, 0.1) is 22.4 Å². The van der Waals surface area contributed by atoms with Crippen molar-refractivity contribution in [1.82, 2.24) is 9.97 Å². The molecule has 0 amide bonds. The van der Waals surface area contributed by atoms with E-state index in [-0.39, 0.29) is 11.9 Å². The zero-order chi connectivity index (χ0) is 34.4. The molecule has 5 heterocycles. The summed E-state index contributed by atoms with van der Waals surface area (Å²) in [6.07, 6.45) is 21.4. The largest absolute Gasteiger partial charge is 0.427 e. The third kappa shape index (κ3) is 10.1. The lowest BCUT2D eigenvalue weighted by Crippen LogP contribution is -2.07. The molecule has 0 atom stereocenters. The van der Waals surface area contributed by atoms with Gasteiger partial charge in [-0.3, -0.25) is 9.59 Å². The molecular formula is C44H48N2O4. The van der Waals surface area contributed by atoms with Crippen LogP contribution in [0.4, 0.5) is 0 Å². The van der Waals surface area contributed by atoms with Crippen LogP contribution in [0.2, 0.25) is 0 Å². The molecule has 2 aromatic heterocycles. The highest BCUT2D eigenvalue weighted by molar-refractivity contribution is 6.04. The minimum atomic E-state index is -0.184. The number of ether oxygens (including phenoxy) is 2. The molecule has 3 aromatic carbocycles. The maximum atomic E-state index is 12.5. The molecule has 3 aliphatic heterocycles. The smallest absolute Gasteiger partial charge is 0.311 e. The van der Waals surface area contributed by atoms with Gasteiger partial charge in [-0.15, -0.1) is 0 Å². The Morgan fingerprint density at radius 3 is 1.18 bits per heavy atom. The number of esters is 2. The van der Waals surface area contributed by atoms with Gasteiger partial charge in [0.15, 0.2) is 0 Å². The number of allylic oxidation sites excluding steroid dienone is 2. The second-order valence-electron chi connectivity index (χ2n) is 13.4. The molecule has 0 unspecified atom stereocenters. The summed E-state index contributed by atoms with van der Waals surface area (Å²) in [5.41, 5.74) is 5.15. The number of nitrogens with zero attached hydrogens (tertiary/aromatic N) is 2. The second-order valence-corrected chi connectivity index (χ2v) is 13.4. The van der Waals surface area contributed by atoms with Crippen molar-refractivity contribution >= 4 is 33.7 Å².